The molecule has 3 aliphatic rings. The molecule has 0 bridgehead atoms. The average molecular weight is 266 g/mol. The standard InChI is InChI=1S/C15H26N2O2/c1-19-14-7-10-17(11-14)13-5-8-16(9-6-13)15(18)12-3-2-4-12/h12-14H,2-11H2,1H3. The molecule has 4 nitrogen and oxygen atoms in total. The average Bonchev–Trinajstić information content (AvgIpc) is 2.85. The molecule has 1 saturated carbocycles. The van der Waals surface area contributed by atoms with E-state index in [-0.39, 0.29) is 0 Å². The van der Waals surface area contributed by atoms with E-state index in [1.807, 2.05) is 7.11 Å². The molecule has 19 heavy (non-hydrogen) atoms. The molecule has 1 aliphatic carbocycles. The zero-order valence-corrected chi connectivity index (χ0v) is 12.0. The van der Waals surface area contributed by atoms with Gasteiger partial charge < -0.3 is 9.64 Å². The van der Waals surface area contributed by atoms with E-state index < -0.39 is 0 Å². The van der Waals surface area contributed by atoms with Crippen LogP contribution >= 0.6 is 0 Å². The summed E-state index contributed by atoms with van der Waals surface area (Å²) in [5.74, 6) is 0.794. The highest BCUT2D eigenvalue weighted by Gasteiger charge is 2.34. The first-order valence-electron chi connectivity index (χ1n) is 7.83. The molecule has 0 aromatic carbocycles. The number of nitrogens with zero attached hydrogens (tertiary/aromatic N) is 2. The molecule has 0 aromatic heterocycles. The number of piperidine rings is 1. The van der Waals surface area contributed by atoms with Crippen LogP contribution in [-0.2, 0) is 9.53 Å². The van der Waals surface area contributed by atoms with Crippen LogP contribution in [0.2, 0.25) is 0 Å². The van der Waals surface area contributed by atoms with Crippen molar-refractivity contribution in [2.45, 2.75) is 50.7 Å². The molecular weight excluding hydrogens is 240 g/mol. The number of carbonyl (C=O) groups is 1. The van der Waals surface area contributed by atoms with Crippen molar-refractivity contribution in [3.63, 3.8) is 0 Å². The SMILES string of the molecule is COC1CCN(C2CCN(C(=O)C3CCC3)CC2)C1. The van der Waals surface area contributed by atoms with Gasteiger partial charge in [-0.25, -0.2) is 0 Å². The highest BCUT2D eigenvalue weighted by molar-refractivity contribution is 5.79. The van der Waals surface area contributed by atoms with Crippen molar-refractivity contribution in [3.05, 3.63) is 0 Å². The Bertz CT molecular complexity index is 322. The predicted octanol–water partition coefficient (Wildman–Crippen LogP) is 1.50. The van der Waals surface area contributed by atoms with Crippen molar-refractivity contribution in [2.75, 3.05) is 33.3 Å². The fourth-order valence-corrected chi connectivity index (χ4v) is 3.64. The van der Waals surface area contributed by atoms with Crippen LogP contribution in [0.4, 0.5) is 0 Å². The Balaban J connectivity index is 1.45. The number of carbonyl (C=O) groups excluding carboxylic acids is 1. The van der Waals surface area contributed by atoms with E-state index in [1.165, 1.54) is 13.0 Å². The Labute approximate surface area is 116 Å². The summed E-state index contributed by atoms with van der Waals surface area (Å²) < 4.78 is 5.44. The monoisotopic (exact) mass is 266 g/mol. The van der Waals surface area contributed by atoms with Gasteiger partial charge in [0.25, 0.3) is 0 Å². The van der Waals surface area contributed by atoms with Crippen LogP contribution in [0.1, 0.15) is 38.5 Å². The third-order valence-corrected chi connectivity index (χ3v) is 5.26. The van der Waals surface area contributed by atoms with Gasteiger partial charge in [-0.05, 0) is 32.1 Å². The third kappa shape index (κ3) is 2.79. The van der Waals surface area contributed by atoms with Crippen LogP contribution in [0.5, 0.6) is 0 Å². The summed E-state index contributed by atoms with van der Waals surface area (Å²) >= 11 is 0. The predicted molar refractivity (Wildman–Crippen MR) is 73.9 cm³/mol. The van der Waals surface area contributed by atoms with Gasteiger partial charge in [0.05, 0.1) is 6.10 Å². The van der Waals surface area contributed by atoms with E-state index >= 15 is 0 Å². The topological polar surface area (TPSA) is 32.8 Å². The molecule has 2 saturated heterocycles. The van der Waals surface area contributed by atoms with E-state index in [4.69, 9.17) is 4.74 Å². The lowest BCUT2D eigenvalue weighted by Gasteiger charge is -2.39. The summed E-state index contributed by atoms with van der Waals surface area (Å²) in [4.78, 5) is 16.9. The number of amides is 1. The molecule has 108 valence electrons. The van der Waals surface area contributed by atoms with Gasteiger partial charge in [0.2, 0.25) is 5.91 Å². The molecule has 3 fully saturated rings. The lowest BCUT2D eigenvalue weighted by atomic mass is 9.84. The maximum absolute atomic E-state index is 12.2. The zero-order valence-electron chi connectivity index (χ0n) is 12.0. The molecule has 2 heterocycles. The lowest BCUT2D eigenvalue weighted by molar-refractivity contribution is -0.139. The molecule has 0 N–H and O–H groups in total. The van der Waals surface area contributed by atoms with E-state index in [0.717, 1.165) is 51.7 Å². The molecule has 0 spiro atoms. The normalized spacial score (nSPS) is 30.6. The van der Waals surface area contributed by atoms with Gasteiger partial charge in [-0.2, -0.15) is 0 Å². The number of hydrogen-bond acceptors (Lipinski definition) is 3. The van der Waals surface area contributed by atoms with Gasteiger partial charge in [0.15, 0.2) is 0 Å². The fraction of sp³-hybridized carbons (Fsp3) is 0.933. The molecule has 2 aliphatic heterocycles. The highest BCUT2D eigenvalue weighted by atomic mass is 16.5. The molecule has 0 radical (unpaired) electrons. The Morgan fingerprint density at radius 2 is 1.79 bits per heavy atom. The first-order valence-corrected chi connectivity index (χ1v) is 7.83. The first kappa shape index (κ1) is 13.4. The van der Waals surface area contributed by atoms with Crippen molar-refractivity contribution in [1.29, 1.82) is 0 Å². The van der Waals surface area contributed by atoms with Gasteiger partial charge in [0.1, 0.15) is 0 Å². The van der Waals surface area contributed by atoms with Crippen LogP contribution in [0.3, 0.4) is 0 Å². The molecular formula is C15H26N2O2. The number of rotatable bonds is 3. The van der Waals surface area contributed by atoms with Crippen LogP contribution in [0.25, 0.3) is 0 Å². The summed E-state index contributed by atoms with van der Waals surface area (Å²) in [5, 5.41) is 0. The Kier molecular flexibility index (Phi) is 4.08. The van der Waals surface area contributed by atoms with E-state index in [9.17, 15) is 4.79 Å². The van der Waals surface area contributed by atoms with Crippen LogP contribution in [0, 0.1) is 5.92 Å². The molecule has 0 aromatic rings. The number of ether oxygens (including phenoxy) is 1. The Morgan fingerprint density at radius 3 is 2.32 bits per heavy atom. The maximum Gasteiger partial charge on any atom is 0.225 e. The van der Waals surface area contributed by atoms with Crippen molar-refractivity contribution in [3.8, 4) is 0 Å². The Morgan fingerprint density at radius 1 is 1.05 bits per heavy atom. The summed E-state index contributed by atoms with van der Waals surface area (Å²) in [6, 6.07) is 0.672. The van der Waals surface area contributed by atoms with Crippen molar-refractivity contribution in [1.82, 2.24) is 9.80 Å². The summed E-state index contributed by atoms with van der Waals surface area (Å²) in [5.41, 5.74) is 0. The van der Waals surface area contributed by atoms with Crippen molar-refractivity contribution in [2.24, 2.45) is 5.92 Å². The molecule has 1 unspecified atom stereocenters. The minimum atomic E-state index is 0.362. The van der Waals surface area contributed by atoms with Crippen LogP contribution in [-0.4, -0.2) is 61.1 Å². The van der Waals surface area contributed by atoms with Gasteiger partial charge in [-0.15, -0.1) is 0 Å². The molecule has 3 rings (SSSR count). The minimum absolute atomic E-state index is 0.362. The quantitative estimate of drug-likeness (QED) is 0.776. The van der Waals surface area contributed by atoms with Gasteiger partial charge in [-0.1, -0.05) is 6.42 Å². The highest BCUT2D eigenvalue weighted by Crippen LogP contribution is 2.30. The summed E-state index contributed by atoms with van der Waals surface area (Å²) in [6.45, 7) is 4.18. The lowest BCUT2D eigenvalue weighted by Crippen LogP contribution is -2.48. The fourth-order valence-electron chi connectivity index (χ4n) is 3.64. The summed E-state index contributed by atoms with van der Waals surface area (Å²) in [6.07, 6.45) is 7.39. The Hall–Kier alpha value is -0.610. The van der Waals surface area contributed by atoms with Gasteiger partial charge in [-0.3, -0.25) is 9.69 Å². The van der Waals surface area contributed by atoms with Gasteiger partial charge in [0, 0.05) is 45.2 Å². The van der Waals surface area contributed by atoms with Crippen LogP contribution < -0.4 is 0 Å². The zero-order chi connectivity index (χ0) is 13.2. The second kappa shape index (κ2) is 5.80. The minimum Gasteiger partial charge on any atom is -0.380 e. The number of methoxy groups -OCH3 is 1. The molecule has 1 atom stereocenters. The van der Waals surface area contributed by atoms with E-state index in [1.54, 1.807) is 0 Å². The third-order valence-electron chi connectivity index (χ3n) is 5.26. The van der Waals surface area contributed by atoms with Crippen molar-refractivity contribution >= 4 is 5.91 Å². The van der Waals surface area contributed by atoms with Crippen LogP contribution in [0.15, 0.2) is 0 Å². The second-order valence-electron chi connectivity index (χ2n) is 6.33. The molecule has 1 amide bonds. The first-order chi connectivity index (χ1) is 9.28. The van der Waals surface area contributed by atoms with Crippen molar-refractivity contribution < 1.29 is 9.53 Å². The smallest absolute Gasteiger partial charge is 0.225 e. The summed E-state index contributed by atoms with van der Waals surface area (Å²) in [7, 11) is 1.81. The number of hydrogen-bond donors (Lipinski definition) is 0. The second-order valence-corrected chi connectivity index (χ2v) is 6.33. The largest absolute Gasteiger partial charge is 0.380 e. The van der Waals surface area contributed by atoms with E-state index in [0.29, 0.717) is 24.0 Å². The van der Waals surface area contributed by atoms with E-state index in [2.05, 4.69) is 9.80 Å². The number of likely N-dealkylation sites (tertiary alicyclic amines) is 2. The maximum atomic E-state index is 12.2. The molecule has 4 heteroatoms. The van der Waals surface area contributed by atoms with Gasteiger partial charge >= 0.3 is 0 Å².